The van der Waals surface area contributed by atoms with E-state index >= 15 is 0 Å². The van der Waals surface area contributed by atoms with Crippen LogP contribution in [0.3, 0.4) is 0 Å². The fraction of sp³-hybridized carbons (Fsp3) is 0.450. The second-order valence-corrected chi connectivity index (χ2v) is 6.81. The van der Waals surface area contributed by atoms with Crippen LogP contribution in [0.5, 0.6) is 11.5 Å². The second kappa shape index (κ2) is 8.12. The van der Waals surface area contributed by atoms with Crippen molar-refractivity contribution < 1.29 is 19.1 Å². The number of carbonyl (C=O) groups excluding carboxylic acids is 2. The summed E-state index contributed by atoms with van der Waals surface area (Å²) >= 11 is 0. The summed E-state index contributed by atoms with van der Waals surface area (Å²) in [5.74, 6) is 0.542. The minimum absolute atomic E-state index is 0.118. The Labute approximate surface area is 158 Å². The van der Waals surface area contributed by atoms with Crippen molar-refractivity contribution >= 4 is 17.5 Å². The van der Waals surface area contributed by atoms with E-state index in [-0.39, 0.29) is 23.7 Å². The number of nitrogens with one attached hydrogen (secondary N) is 1. The van der Waals surface area contributed by atoms with Crippen LogP contribution in [-0.4, -0.2) is 44.0 Å². The lowest BCUT2D eigenvalue weighted by atomic mass is 10.00. The highest BCUT2D eigenvalue weighted by Gasteiger charge is 2.32. The molecule has 0 radical (unpaired) electrons. The Bertz CT molecular complexity index is 806. The molecule has 7 heteroatoms. The van der Waals surface area contributed by atoms with E-state index in [1.54, 1.807) is 17.0 Å². The van der Waals surface area contributed by atoms with Crippen molar-refractivity contribution in [2.45, 2.75) is 19.3 Å². The number of likely N-dealkylation sites (tertiary alicyclic amines) is 1. The number of rotatable bonds is 6. The van der Waals surface area contributed by atoms with Gasteiger partial charge in [0.15, 0.2) is 11.5 Å². The van der Waals surface area contributed by atoms with Crippen molar-refractivity contribution in [2.75, 3.05) is 32.6 Å². The van der Waals surface area contributed by atoms with Crippen LogP contribution in [-0.2, 0) is 4.79 Å². The molecule has 1 fully saturated rings. The molecule has 1 aliphatic carbocycles. The number of nitriles is 1. The summed E-state index contributed by atoms with van der Waals surface area (Å²) in [7, 11) is 2.97. The lowest BCUT2D eigenvalue weighted by Crippen LogP contribution is -2.49. The Hall–Kier alpha value is -3.01. The van der Waals surface area contributed by atoms with Crippen LogP contribution in [0.15, 0.2) is 24.3 Å². The number of amides is 2. The van der Waals surface area contributed by atoms with Crippen LogP contribution in [0, 0.1) is 23.2 Å². The number of methoxy groups -OCH3 is 2. The molecule has 1 aromatic carbocycles. The summed E-state index contributed by atoms with van der Waals surface area (Å²) in [6.07, 6.45) is 6.51. The molecule has 1 aromatic rings. The molecule has 0 spiro atoms. The van der Waals surface area contributed by atoms with Gasteiger partial charge in [0.1, 0.15) is 0 Å². The monoisotopic (exact) mass is 369 g/mol. The largest absolute Gasteiger partial charge is 0.493 e. The number of hydrogen-bond acceptors (Lipinski definition) is 5. The average molecular weight is 369 g/mol. The molecular formula is C20H23N3O4. The van der Waals surface area contributed by atoms with Gasteiger partial charge in [0.2, 0.25) is 5.91 Å². The van der Waals surface area contributed by atoms with Gasteiger partial charge in [-0.2, -0.15) is 5.26 Å². The summed E-state index contributed by atoms with van der Waals surface area (Å²) in [5.41, 5.74) is 0.796. The Morgan fingerprint density at radius 3 is 2.67 bits per heavy atom. The molecule has 142 valence electrons. The summed E-state index contributed by atoms with van der Waals surface area (Å²) < 4.78 is 10.7. The highest BCUT2D eigenvalue weighted by atomic mass is 16.5. The van der Waals surface area contributed by atoms with Gasteiger partial charge in [0.05, 0.1) is 31.9 Å². The Balaban J connectivity index is 1.80. The van der Waals surface area contributed by atoms with Gasteiger partial charge in [-0.3, -0.25) is 9.59 Å². The minimum atomic E-state index is -0.198. The van der Waals surface area contributed by atoms with E-state index in [9.17, 15) is 9.59 Å². The second-order valence-electron chi connectivity index (χ2n) is 6.81. The lowest BCUT2D eigenvalue weighted by Gasteiger charge is -2.35. The first-order valence-corrected chi connectivity index (χ1v) is 8.97. The summed E-state index contributed by atoms with van der Waals surface area (Å²) in [4.78, 5) is 26.7. The van der Waals surface area contributed by atoms with Crippen molar-refractivity contribution in [3.8, 4) is 17.6 Å². The molecule has 0 saturated carbocycles. The number of benzene rings is 1. The van der Waals surface area contributed by atoms with Crippen molar-refractivity contribution in [1.82, 2.24) is 4.90 Å². The predicted molar refractivity (Wildman–Crippen MR) is 99.7 cm³/mol. The van der Waals surface area contributed by atoms with Gasteiger partial charge in [0.25, 0.3) is 5.91 Å². The van der Waals surface area contributed by atoms with Crippen LogP contribution < -0.4 is 14.8 Å². The maximum absolute atomic E-state index is 12.7. The van der Waals surface area contributed by atoms with Crippen LogP contribution >= 0.6 is 0 Å². The van der Waals surface area contributed by atoms with Gasteiger partial charge in [-0.1, -0.05) is 12.2 Å². The van der Waals surface area contributed by atoms with Gasteiger partial charge < -0.3 is 19.7 Å². The third-order valence-electron chi connectivity index (χ3n) is 4.91. The van der Waals surface area contributed by atoms with Crippen molar-refractivity contribution in [3.05, 3.63) is 29.8 Å². The molecule has 1 heterocycles. The van der Waals surface area contributed by atoms with Crippen LogP contribution in [0.4, 0.5) is 5.69 Å². The molecule has 1 N–H and O–H groups in total. The zero-order chi connectivity index (χ0) is 19.4. The first kappa shape index (κ1) is 18.8. The molecule has 1 atom stereocenters. The van der Waals surface area contributed by atoms with E-state index in [2.05, 4.69) is 23.5 Å². The maximum atomic E-state index is 12.7. The number of carbonyl (C=O) groups is 2. The van der Waals surface area contributed by atoms with Crippen LogP contribution in [0.25, 0.3) is 0 Å². The molecular weight excluding hydrogens is 346 g/mol. The highest BCUT2D eigenvalue weighted by Crippen LogP contribution is 2.37. The first-order valence-electron chi connectivity index (χ1n) is 8.97. The predicted octanol–water partition coefficient (Wildman–Crippen LogP) is 2.59. The molecule has 0 bridgehead atoms. The number of hydrogen-bond donors (Lipinski definition) is 1. The maximum Gasteiger partial charge on any atom is 0.254 e. The van der Waals surface area contributed by atoms with Crippen molar-refractivity contribution in [1.29, 1.82) is 5.26 Å². The summed E-state index contributed by atoms with van der Waals surface area (Å²) in [5, 5.41) is 11.7. The number of nitrogens with zero attached hydrogens (tertiary/aromatic N) is 2. The van der Waals surface area contributed by atoms with Crippen molar-refractivity contribution in [3.63, 3.8) is 0 Å². The Morgan fingerprint density at radius 2 is 2.07 bits per heavy atom. The zero-order valence-corrected chi connectivity index (χ0v) is 15.5. The van der Waals surface area contributed by atoms with E-state index in [1.807, 2.05) is 0 Å². The lowest BCUT2D eigenvalue weighted by molar-refractivity contribution is -0.116. The number of allylic oxidation sites excluding steroid dienone is 2. The quantitative estimate of drug-likeness (QED) is 0.778. The molecule has 2 amide bonds. The molecule has 3 rings (SSSR count). The molecule has 1 saturated heterocycles. The fourth-order valence-corrected chi connectivity index (χ4v) is 3.39. The van der Waals surface area contributed by atoms with E-state index in [0.717, 1.165) is 12.8 Å². The molecule has 2 aliphatic rings. The molecule has 0 aromatic heterocycles. The molecule has 1 unspecified atom stereocenters. The number of anilines is 1. The van der Waals surface area contributed by atoms with Gasteiger partial charge >= 0.3 is 0 Å². The standard InChI is InChI=1S/C20H23N3O4/c1-26-17-9-15(20(25)23-11-14(10-21)12-23)8-16(19(17)27-2)22-18(24)7-13-5-3-4-6-13/h3,5,8-9,13-14H,4,6-7,11-12H2,1-2H3,(H,22,24). The third-order valence-corrected chi connectivity index (χ3v) is 4.91. The average Bonchev–Trinajstić information content (AvgIpc) is 3.12. The van der Waals surface area contributed by atoms with Gasteiger partial charge in [-0.15, -0.1) is 0 Å². The molecule has 27 heavy (non-hydrogen) atoms. The van der Waals surface area contributed by atoms with E-state index in [0.29, 0.717) is 42.3 Å². The highest BCUT2D eigenvalue weighted by molar-refractivity contribution is 5.99. The van der Waals surface area contributed by atoms with Gasteiger partial charge in [-0.05, 0) is 30.9 Å². The van der Waals surface area contributed by atoms with Gasteiger partial charge in [-0.25, -0.2) is 0 Å². The Morgan fingerprint density at radius 1 is 1.30 bits per heavy atom. The van der Waals surface area contributed by atoms with E-state index < -0.39 is 0 Å². The molecule has 1 aliphatic heterocycles. The SMILES string of the molecule is COc1cc(C(=O)N2CC(C#N)C2)cc(NC(=O)CC2C=CCC2)c1OC. The number of ether oxygens (including phenoxy) is 2. The van der Waals surface area contributed by atoms with Crippen LogP contribution in [0.1, 0.15) is 29.6 Å². The topological polar surface area (TPSA) is 91.7 Å². The van der Waals surface area contributed by atoms with Gasteiger partial charge in [0, 0.05) is 25.1 Å². The fourth-order valence-electron chi connectivity index (χ4n) is 3.39. The molecule has 7 nitrogen and oxygen atoms in total. The minimum Gasteiger partial charge on any atom is -0.493 e. The van der Waals surface area contributed by atoms with Crippen molar-refractivity contribution in [2.24, 2.45) is 11.8 Å². The Kier molecular flexibility index (Phi) is 5.65. The van der Waals surface area contributed by atoms with E-state index in [1.165, 1.54) is 14.2 Å². The first-order chi connectivity index (χ1) is 13.0. The third kappa shape index (κ3) is 4.05. The van der Waals surface area contributed by atoms with E-state index in [4.69, 9.17) is 14.7 Å². The summed E-state index contributed by atoms with van der Waals surface area (Å²) in [6, 6.07) is 5.35. The smallest absolute Gasteiger partial charge is 0.254 e. The summed E-state index contributed by atoms with van der Waals surface area (Å²) in [6.45, 7) is 0.832. The zero-order valence-electron chi connectivity index (χ0n) is 15.5. The normalized spacial score (nSPS) is 18.6. The van der Waals surface area contributed by atoms with Crippen LogP contribution in [0.2, 0.25) is 0 Å².